The van der Waals surface area contributed by atoms with Crippen LogP contribution in [-0.4, -0.2) is 46.5 Å². The molecule has 1 saturated heterocycles. The number of nitrogens with one attached hydrogen (secondary N) is 2. The van der Waals surface area contributed by atoms with Gasteiger partial charge in [-0.3, -0.25) is 9.89 Å². The fraction of sp³-hybridized carbons (Fsp3) is 0.222. The summed E-state index contributed by atoms with van der Waals surface area (Å²) in [6, 6.07) is 20.3. The Morgan fingerprint density at radius 1 is 1.00 bits per heavy atom. The van der Waals surface area contributed by atoms with Crippen molar-refractivity contribution in [3.8, 4) is 11.3 Å². The van der Waals surface area contributed by atoms with E-state index in [-0.39, 0.29) is 11.5 Å². The van der Waals surface area contributed by atoms with Crippen molar-refractivity contribution in [2.24, 2.45) is 0 Å². The van der Waals surface area contributed by atoms with Crippen LogP contribution in [0.4, 0.5) is 5.82 Å². The van der Waals surface area contributed by atoms with E-state index in [1.165, 1.54) is 0 Å². The Bertz CT molecular complexity index is 1530. The van der Waals surface area contributed by atoms with Crippen LogP contribution in [0.5, 0.6) is 0 Å². The third-order valence-electron chi connectivity index (χ3n) is 6.67. The Morgan fingerprint density at radius 3 is 2.65 bits per heavy atom. The first kappa shape index (κ1) is 20.6. The van der Waals surface area contributed by atoms with Gasteiger partial charge in [0.15, 0.2) is 0 Å². The van der Waals surface area contributed by atoms with Crippen LogP contribution in [-0.2, 0) is 4.74 Å². The number of nitrogens with zero attached hydrogens (tertiary/aromatic N) is 3. The fourth-order valence-electron chi connectivity index (χ4n) is 4.73. The van der Waals surface area contributed by atoms with Gasteiger partial charge in [-0.1, -0.05) is 37.3 Å². The zero-order valence-corrected chi connectivity index (χ0v) is 18.9. The Labute approximate surface area is 196 Å². The van der Waals surface area contributed by atoms with Crippen molar-refractivity contribution in [3.05, 3.63) is 88.3 Å². The smallest absolute Gasteiger partial charge is 0.252 e. The highest BCUT2D eigenvalue weighted by Crippen LogP contribution is 2.32. The van der Waals surface area contributed by atoms with E-state index >= 15 is 0 Å². The minimum atomic E-state index is -0.0628. The molecule has 2 aromatic carbocycles. The summed E-state index contributed by atoms with van der Waals surface area (Å²) in [4.78, 5) is 22.8. The van der Waals surface area contributed by atoms with Gasteiger partial charge in [-0.2, -0.15) is 5.10 Å². The highest BCUT2D eigenvalue weighted by molar-refractivity contribution is 6.01. The summed E-state index contributed by atoms with van der Waals surface area (Å²) in [7, 11) is 0. The molecule has 2 N–H and O–H groups in total. The maximum atomic E-state index is 12.9. The molecular formula is C27H25N5O2. The van der Waals surface area contributed by atoms with E-state index in [2.05, 4.69) is 56.3 Å². The molecular weight excluding hydrogens is 426 g/mol. The van der Waals surface area contributed by atoms with Gasteiger partial charge in [0.1, 0.15) is 11.5 Å². The second-order valence-corrected chi connectivity index (χ2v) is 8.75. The van der Waals surface area contributed by atoms with Crippen LogP contribution >= 0.6 is 0 Å². The summed E-state index contributed by atoms with van der Waals surface area (Å²) in [5, 5.41) is 9.74. The normalized spacial score (nSPS) is 15.1. The number of aromatic amines is 2. The number of pyridine rings is 2. The summed E-state index contributed by atoms with van der Waals surface area (Å²) < 4.78 is 5.47. The molecule has 0 bridgehead atoms. The second kappa shape index (κ2) is 8.43. The molecule has 1 aliphatic heterocycles. The molecule has 6 rings (SSSR count). The lowest BCUT2D eigenvalue weighted by Crippen LogP contribution is -2.36. The van der Waals surface area contributed by atoms with Crippen molar-refractivity contribution in [1.82, 2.24) is 20.2 Å². The molecule has 0 saturated carbocycles. The van der Waals surface area contributed by atoms with E-state index in [4.69, 9.17) is 4.74 Å². The molecule has 0 spiro atoms. The van der Waals surface area contributed by atoms with Gasteiger partial charge >= 0.3 is 0 Å². The van der Waals surface area contributed by atoms with Crippen LogP contribution in [0.2, 0.25) is 0 Å². The number of H-pyrrole nitrogens is 2. The van der Waals surface area contributed by atoms with Crippen molar-refractivity contribution >= 4 is 27.6 Å². The average Bonchev–Trinajstić information content (AvgIpc) is 3.30. The minimum Gasteiger partial charge on any atom is -0.378 e. The van der Waals surface area contributed by atoms with Crippen LogP contribution in [0, 0.1) is 0 Å². The maximum Gasteiger partial charge on any atom is 0.252 e. The van der Waals surface area contributed by atoms with Gasteiger partial charge in [0.2, 0.25) is 0 Å². The summed E-state index contributed by atoms with van der Waals surface area (Å²) >= 11 is 0. The number of rotatable bonds is 4. The molecule has 1 atom stereocenters. The first-order valence-electron chi connectivity index (χ1n) is 11.6. The summed E-state index contributed by atoms with van der Waals surface area (Å²) in [6.07, 6.45) is 1.83. The Hall–Kier alpha value is -3.97. The molecule has 0 aliphatic carbocycles. The van der Waals surface area contributed by atoms with Crippen LogP contribution in [0.3, 0.4) is 0 Å². The van der Waals surface area contributed by atoms with Gasteiger partial charge in [0.25, 0.3) is 5.56 Å². The fourth-order valence-corrected chi connectivity index (χ4v) is 4.73. The Kier molecular flexibility index (Phi) is 5.11. The molecule has 0 amide bonds. The first-order chi connectivity index (χ1) is 16.7. The van der Waals surface area contributed by atoms with Crippen molar-refractivity contribution in [1.29, 1.82) is 0 Å². The number of hydrogen-bond donors (Lipinski definition) is 2. The van der Waals surface area contributed by atoms with Gasteiger partial charge < -0.3 is 14.6 Å². The zero-order valence-electron chi connectivity index (χ0n) is 18.9. The first-order valence-corrected chi connectivity index (χ1v) is 11.6. The van der Waals surface area contributed by atoms with E-state index in [0.29, 0.717) is 13.2 Å². The number of ether oxygens (including phenoxy) is 1. The molecule has 4 heterocycles. The van der Waals surface area contributed by atoms with E-state index in [1.54, 1.807) is 0 Å². The van der Waals surface area contributed by atoms with E-state index in [1.807, 2.05) is 42.6 Å². The van der Waals surface area contributed by atoms with Crippen molar-refractivity contribution < 1.29 is 4.74 Å². The quantitative estimate of drug-likeness (QED) is 0.421. The van der Waals surface area contributed by atoms with E-state index < -0.39 is 0 Å². The highest BCUT2D eigenvalue weighted by Gasteiger charge is 2.17. The number of fused-ring (bicyclic) bond motifs is 2. The molecule has 1 aliphatic rings. The lowest BCUT2D eigenvalue weighted by molar-refractivity contribution is 0.122. The number of aromatic nitrogens is 4. The molecule has 0 radical (unpaired) electrons. The van der Waals surface area contributed by atoms with Crippen molar-refractivity contribution in [3.63, 3.8) is 0 Å². The molecule has 1 unspecified atom stereocenters. The number of benzene rings is 2. The van der Waals surface area contributed by atoms with Crippen molar-refractivity contribution in [2.45, 2.75) is 12.8 Å². The van der Waals surface area contributed by atoms with Crippen LogP contribution in [0.25, 0.3) is 33.1 Å². The average molecular weight is 452 g/mol. The summed E-state index contributed by atoms with van der Waals surface area (Å²) in [5.41, 5.74) is 5.35. The lowest BCUT2D eigenvalue weighted by Gasteiger charge is -2.27. The number of anilines is 1. The molecule has 7 heteroatoms. The lowest BCUT2D eigenvalue weighted by atomic mass is 9.93. The zero-order chi connectivity index (χ0) is 23.1. The number of hydrogen-bond acceptors (Lipinski definition) is 5. The van der Waals surface area contributed by atoms with Gasteiger partial charge in [-0.25, -0.2) is 4.98 Å². The molecule has 5 aromatic rings. The largest absolute Gasteiger partial charge is 0.378 e. The molecule has 1 fully saturated rings. The standard InChI is InChI=1S/C27H25N5O2/c1-17(18-5-3-2-4-6-18)21-13-20-14-22-24(16-23(20)29-27(21)33)30-31-26(22)19-7-8-28-25(15-19)32-9-11-34-12-10-32/h2-8,13-17H,9-12H2,1H3,(H,29,33)(H,30,31). The van der Waals surface area contributed by atoms with Crippen molar-refractivity contribution in [2.75, 3.05) is 31.2 Å². The predicted molar refractivity (Wildman–Crippen MR) is 134 cm³/mol. The van der Waals surface area contributed by atoms with Gasteiger partial charge in [-0.05, 0) is 41.3 Å². The summed E-state index contributed by atoms with van der Waals surface area (Å²) in [5.74, 6) is 0.922. The topological polar surface area (TPSA) is 86.9 Å². The predicted octanol–water partition coefficient (Wildman–Crippen LogP) is 4.45. The monoisotopic (exact) mass is 451 g/mol. The molecule has 7 nitrogen and oxygen atoms in total. The Morgan fingerprint density at radius 2 is 1.82 bits per heavy atom. The number of morpholine rings is 1. The minimum absolute atomic E-state index is 0.00912. The SMILES string of the molecule is CC(c1ccccc1)c1cc2cc3c(-c4ccnc(N5CCOCC5)c4)n[nH]c3cc2[nH]c1=O. The van der Waals surface area contributed by atoms with Crippen LogP contribution < -0.4 is 10.5 Å². The Balaban J connectivity index is 1.44. The summed E-state index contributed by atoms with van der Waals surface area (Å²) in [6.45, 7) is 5.16. The van der Waals surface area contributed by atoms with Gasteiger partial charge in [-0.15, -0.1) is 0 Å². The third kappa shape index (κ3) is 3.64. The van der Waals surface area contributed by atoms with Crippen LogP contribution in [0.1, 0.15) is 24.0 Å². The van der Waals surface area contributed by atoms with Crippen LogP contribution in [0.15, 0.2) is 71.7 Å². The third-order valence-corrected chi connectivity index (χ3v) is 6.67. The molecule has 3 aromatic heterocycles. The molecule has 170 valence electrons. The molecule has 34 heavy (non-hydrogen) atoms. The second-order valence-electron chi connectivity index (χ2n) is 8.75. The van der Waals surface area contributed by atoms with Gasteiger partial charge in [0, 0.05) is 41.7 Å². The van der Waals surface area contributed by atoms with Gasteiger partial charge in [0.05, 0.1) is 24.2 Å². The van der Waals surface area contributed by atoms with E-state index in [9.17, 15) is 4.79 Å². The maximum absolute atomic E-state index is 12.9. The highest BCUT2D eigenvalue weighted by atomic mass is 16.5. The van der Waals surface area contributed by atoms with E-state index in [0.717, 1.165) is 63.1 Å².